The maximum absolute atomic E-state index is 9.68. The molecule has 0 spiro atoms. The first-order valence-electron chi connectivity index (χ1n) is 20.2. The van der Waals surface area contributed by atoms with Gasteiger partial charge in [0.15, 0.2) is 0 Å². The van der Waals surface area contributed by atoms with Gasteiger partial charge in [-0.15, -0.1) is 0 Å². The number of benzene rings is 10. The fraction of sp³-hybridized carbons (Fsp3) is 0. The van der Waals surface area contributed by atoms with Crippen LogP contribution in [0.25, 0.3) is 87.3 Å². The first kappa shape index (κ1) is 26.6. The van der Waals surface area contributed by atoms with Crippen LogP contribution < -0.4 is 4.90 Å². The molecule has 2 heteroatoms. The number of nitrogens with zero attached hydrogens (tertiary/aromatic N) is 1. The van der Waals surface area contributed by atoms with Gasteiger partial charge in [-0.1, -0.05) is 152 Å². The molecule has 1 aromatic heterocycles. The minimum Gasteiger partial charge on any atom is -0.455 e. The number of furan rings is 1. The van der Waals surface area contributed by atoms with Crippen molar-refractivity contribution in [3.63, 3.8) is 0 Å². The minimum atomic E-state index is -0.136. The summed E-state index contributed by atoms with van der Waals surface area (Å²) in [6.45, 7) is 0. The van der Waals surface area contributed by atoms with Gasteiger partial charge in [-0.2, -0.15) is 0 Å². The van der Waals surface area contributed by atoms with Crippen LogP contribution in [0.1, 0.15) is 5.48 Å². The molecule has 0 saturated heterocycles. The molecule has 0 radical (unpaired) electrons. The standard InChI is InChI=1S/C52H33NO/c1-4-13-43-35(9-1)12-7-16-45(43)38-23-29-42(30-24-38)53(49-17-8-18-50-51(49)48-32-25-37-11-3-6-15-47(37)52(48)54-50)41-27-21-34(22-28-41)39-26-31-46-40(33-39)20-19-36-10-2-5-14-44(36)46/h1-33H/i21D,22D,27D,28D. The average molecular weight is 692 g/mol. The molecule has 0 N–H and O–H groups in total. The number of fused-ring (bicyclic) bond motifs is 9. The highest BCUT2D eigenvalue weighted by Gasteiger charge is 2.21. The SMILES string of the molecule is [2H]c1c([2H])c(N(c2ccc(-c3cccc4ccccc34)cc2)c2cccc3oc4c5ccccc5ccc4c23)c([2H])c([2H])c1-c1ccc2c(ccc3ccccc32)c1. The molecule has 0 atom stereocenters. The van der Waals surface area contributed by atoms with Crippen molar-refractivity contribution in [2.75, 3.05) is 4.90 Å². The van der Waals surface area contributed by atoms with Crippen molar-refractivity contribution in [3.05, 3.63) is 200 Å². The molecular weight excluding hydrogens is 655 g/mol. The normalized spacial score (nSPS) is 12.7. The predicted octanol–water partition coefficient (Wildman–Crippen LogP) is 15.0. The smallest absolute Gasteiger partial charge is 0.143 e. The first-order valence-corrected chi connectivity index (χ1v) is 18.2. The fourth-order valence-electron chi connectivity index (χ4n) is 8.11. The molecule has 2 nitrogen and oxygen atoms in total. The third-order valence-electron chi connectivity index (χ3n) is 10.7. The summed E-state index contributed by atoms with van der Waals surface area (Å²) in [6.07, 6.45) is 0. The fourth-order valence-corrected chi connectivity index (χ4v) is 8.11. The van der Waals surface area contributed by atoms with Crippen LogP contribution in [0.4, 0.5) is 17.1 Å². The Morgan fingerprint density at radius 3 is 1.80 bits per heavy atom. The largest absolute Gasteiger partial charge is 0.455 e. The molecule has 0 saturated carbocycles. The number of hydrogen-bond donors (Lipinski definition) is 0. The Morgan fingerprint density at radius 1 is 0.389 bits per heavy atom. The summed E-state index contributed by atoms with van der Waals surface area (Å²) in [6, 6.07) is 58.6. The lowest BCUT2D eigenvalue weighted by molar-refractivity contribution is 0.672. The second-order valence-electron chi connectivity index (χ2n) is 13.8. The molecule has 11 aromatic rings. The van der Waals surface area contributed by atoms with Gasteiger partial charge in [-0.3, -0.25) is 0 Å². The van der Waals surface area contributed by atoms with Gasteiger partial charge in [0.1, 0.15) is 11.2 Å². The summed E-state index contributed by atoms with van der Waals surface area (Å²) in [4.78, 5) is 1.87. The number of hydrogen-bond acceptors (Lipinski definition) is 2. The van der Waals surface area contributed by atoms with Crippen molar-refractivity contribution in [2.45, 2.75) is 0 Å². The summed E-state index contributed by atoms with van der Waals surface area (Å²) in [7, 11) is 0. The quantitative estimate of drug-likeness (QED) is 0.167. The Bertz CT molecular complexity index is 3430. The van der Waals surface area contributed by atoms with E-state index in [1.165, 1.54) is 0 Å². The van der Waals surface area contributed by atoms with Crippen LogP contribution in [-0.4, -0.2) is 0 Å². The van der Waals surface area contributed by atoms with Gasteiger partial charge < -0.3 is 9.32 Å². The van der Waals surface area contributed by atoms with Crippen molar-refractivity contribution in [1.29, 1.82) is 0 Å². The van der Waals surface area contributed by atoms with E-state index >= 15 is 0 Å². The van der Waals surface area contributed by atoms with Gasteiger partial charge >= 0.3 is 0 Å². The van der Waals surface area contributed by atoms with Crippen molar-refractivity contribution < 1.29 is 9.90 Å². The van der Waals surface area contributed by atoms with Crippen LogP contribution in [-0.2, 0) is 0 Å². The third-order valence-corrected chi connectivity index (χ3v) is 10.7. The third kappa shape index (κ3) is 4.88. The van der Waals surface area contributed by atoms with Gasteiger partial charge in [0.05, 0.1) is 16.6 Å². The second kappa shape index (κ2) is 12.2. The van der Waals surface area contributed by atoms with Crippen LogP contribution in [0.3, 0.4) is 0 Å². The van der Waals surface area contributed by atoms with E-state index in [-0.39, 0.29) is 35.4 Å². The van der Waals surface area contributed by atoms with Gasteiger partial charge in [-0.25, -0.2) is 0 Å². The summed E-state index contributed by atoms with van der Waals surface area (Å²) in [5.74, 6) is 0. The summed E-state index contributed by atoms with van der Waals surface area (Å²) in [5, 5.41) is 10.4. The maximum atomic E-state index is 9.68. The van der Waals surface area contributed by atoms with E-state index in [0.717, 1.165) is 70.6 Å². The molecule has 252 valence electrons. The van der Waals surface area contributed by atoms with Crippen LogP contribution in [0, 0.1) is 0 Å². The first-order chi connectivity index (χ1) is 28.4. The summed E-state index contributed by atoms with van der Waals surface area (Å²) >= 11 is 0. The molecule has 0 unspecified atom stereocenters. The molecule has 1 heterocycles. The van der Waals surface area contributed by atoms with Crippen LogP contribution in [0.15, 0.2) is 205 Å². The van der Waals surface area contributed by atoms with E-state index in [2.05, 4.69) is 91.0 Å². The van der Waals surface area contributed by atoms with E-state index in [4.69, 9.17) is 4.42 Å². The molecule has 0 bridgehead atoms. The highest BCUT2D eigenvalue weighted by Crippen LogP contribution is 2.45. The molecule has 0 aliphatic carbocycles. The Hall–Kier alpha value is -7.16. The van der Waals surface area contributed by atoms with E-state index < -0.39 is 0 Å². The van der Waals surface area contributed by atoms with E-state index in [1.54, 1.807) is 0 Å². The monoisotopic (exact) mass is 691 g/mol. The Morgan fingerprint density at radius 2 is 0.981 bits per heavy atom. The number of anilines is 3. The summed E-state index contributed by atoms with van der Waals surface area (Å²) in [5.41, 5.74) is 5.98. The molecule has 0 aliphatic rings. The zero-order valence-electron chi connectivity index (χ0n) is 33.1. The lowest BCUT2D eigenvalue weighted by atomic mass is 9.97. The lowest BCUT2D eigenvalue weighted by Crippen LogP contribution is -2.10. The summed E-state index contributed by atoms with van der Waals surface area (Å²) < 4.78 is 45.0. The minimum absolute atomic E-state index is 0.108. The molecule has 0 amide bonds. The highest BCUT2D eigenvalue weighted by molar-refractivity contribution is 6.19. The maximum Gasteiger partial charge on any atom is 0.143 e. The van der Waals surface area contributed by atoms with Crippen LogP contribution in [0.5, 0.6) is 0 Å². The van der Waals surface area contributed by atoms with Crippen molar-refractivity contribution >= 4 is 82.1 Å². The molecule has 11 rings (SSSR count). The molecule has 54 heavy (non-hydrogen) atoms. The van der Waals surface area contributed by atoms with Crippen LogP contribution in [0.2, 0.25) is 0 Å². The van der Waals surface area contributed by atoms with Crippen molar-refractivity contribution in [2.24, 2.45) is 0 Å². The topological polar surface area (TPSA) is 16.4 Å². The van der Waals surface area contributed by atoms with Gasteiger partial charge in [0, 0.05) is 22.1 Å². The predicted molar refractivity (Wildman–Crippen MR) is 229 cm³/mol. The second-order valence-corrected chi connectivity index (χ2v) is 13.8. The Labute approximate surface area is 318 Å². The van der Waals surface area contributed by atoms with Gasteiger partial charge in [0.2, 0.25) is 0 Å². The zero-order chi connectivity index (χ0) is 39.1. The lowest BCUT2D eigenvalue weighted by Gasteiger charge is -2.27. The van der Waals surface area contributed by atoms with E-state index in [9.17, 15) is 5.48 Å². The molecular formula is C52H33NO. The van der Waals surface area contributed by atoms with Gasteiger partial charge in [-0.05, 0) is 108 Å². The van der Waals surface area contributed by atoms with Crippen molar-refractivity contribution in [1.82, 2.24) is 0 Å². The van der Waals surface area contributed by atoms with Crippen LogP contribution >= 0.6 is 0 Å². The molecule has 0 aliphatic heterocycles. The average Bonchev–Trinajstić information content (AvgIpc) is 3.67. The molecule has 10 aromatic carbocycles. The Kier molecular flexibility index (Phi) is 6.02. The Balaban J connectivity index is 1.14. The zero-order valence-corrected chi connectivity index (χ0v) is 29.1. The van der Waals surface area contributed by atoms with E-state index in [0.29, 0.717) is 22.5 Å². The van der Waals surface area contributed by atoms with Gasteiger partial charge in [0.25, 0.3) is 0 Å². The van der Waals surface area contributed by atoms with Crippen molar-refractivity contribution in [3.8, 4) is 22.3 Å². The molecule has 0 fully saturated rings. The van der Waals surface area contributed by atoms with E-state index in [1.807, 2.05) is 89.8 Å². The highest BCUT2D eigenvalue weighted by atomic mass is 16.3. The number of rotatable bonds is 5.